The quantitative estimate of drug-likeness (QED) is 0.512. The van der Waals surface area contributed by atoms with Gasteiger partial charge in [0, 0.05) is 49.7 Å². The van der Waals surface area contributed by atoms with Gasteiger partial charge in [0.25, 0.3) is 11.6 Å². The Labute approximate surface area is 168 Å². The molecule has 0 radical (unpaired) electrons. The molecule has 1 heterocycles. The Bertz CT molecular complexity index is 1060. The highest BCUT2D eigenvalue weighted by Gasteiger charge is 2.19. The fraction of sp³-hybridized carbons (Fsp3) is 0.238. The maximum atomic E-state index is 12.8. The number of carbonyl (C=O) groups is 1. The number of para-hydroxylation sites is 1. The van der Waals surface area contributed by atoms with E-state index in [1.807, 2.05) is 48.9 Å². The molecule has 0 aliphatic heterocycles. The number of rotatable bonds is 6. The summed E-state index contributed by atoms with van der Waals surface area (Å²) in [4.78, 5) is 25.2. The highest BCUT2D eigenvalue weighted by atomic mass is 16.6. The van der Waals surface area contributed by atoms with Crippen molar-refractivity contribution < 1.29 is 9.72 Å². The molecule has 0 saturated heterocycles. The third-order valence-corrected chi connectivity index (χ3v) is 4.79. The minimum atomic E-state index is -0.506. The Balaban J connectivity index is 1.86. The first-order valence-corrected chi connectivity index (χ1v) is 9.14. The Hall–Kier alpha value is -3.68. The molecule has 0 spiro atoms. The van der Waals surface area contributed by atoms with Gasteiger partial charge in [0.2, 0.25) is 0 Å². The van der Waals surface area contributed by atoms with Crippen molar-refractivity contribution in [2.24, 2.45) is 0 Å². The van der Waals surface area contributed by atoms with Gasteiger partial charge in [-0.25, -0.2) is 4.68 Å². The number of anilines is 1. The monoisotopic (exact) mass is 393 g/mol. The molecule has 3 aromatic rings. The molecule has 1 aromatic heterocycles. The number of nitro groups is 1. The van der Waals surface area contributed by atoms with Gasteiger partial charge in [0.1, 0.15) is 0 Å². The number of carbonyl (C=O) groups excluding carboxylic acids is 1. The van der Waals surface area contributed by atoms with Gasteiger partial charge in [0.15, 0.2) is 0 Å². The first kappa shape index (κ1) is 20.1. The Morgan fingerprint density at radius 3 is 2.48 bits per heavy atom. The summed E-state index contributed by atoms with van der Waals surface area (Å²) in [5.41, 5.74) is 4.36. The molecule has 0 fully saturated rings. The van der Waals surface area contributed by atoms with Crippen LogP contribution >= 0.6 is 0 Å². The van der Waals surface area contributed by atoms with Gasteiger partial charge in [-0.15, -0.1) is 0 Å². The fourth-order valence-corrected chi connectivity index (χ4v) is 3.22. The van der Waals surface area contributed by atoms with Gasteiger partial charge in [-0.3, -0.25) is 14.9 Å². The molecule has 1 amide bonds. The van der Waals surface area contributed by atoms with Crippen LogP contribution in [0.25, 0.3) is 5.69 Å². The lowest BCUT2D eigenvalue weighted by atomic mass is 10.1. The molecule has 0 bridgehead atoms. The maximum Gasteiger partial charge on any atom is 0.270 e. The first-order chi connectivity index (χ1) is 13.8. The van der Waals surface area contributed by atoms with Crippen molar-refractivity contribution in [3.63, 3.8) is 0 Å². The lowest BCUT2D eigenvalue weighted by molar-refractivity contribution is -0.384. The van der Waals surface area contributed by atoms with Gasteiger partial charge < -0.3 is 10.2 Å². The molecule has 0 aliphatic carbocycles. The van der Waals surface area contributed by atoms with Crippen molar-refractivity contribution in [1.29, 1.82) is 0 Å². The lowest BCUT2D eigenvalue weighted by Crippen LogP contribution is -2.26. The van der Waals surface area contributed by atoms with Crippen molar-refractivity contribution in [2.45, 2.75) is 20.4 Å². The summed E-state index contributed by atoms with van der Waals surface area (Å²) in [6.07, 6.45) is 0. The summed E-state index contributed by atoms with van der Waals surface area (Å²) in [5, 5.41) is 18.6. The number of amides is 1. The van der Waals surface area contributed by atoms with Crippen LogP contribution in [0, 0.1) is 24.0 Å². The van der Waals surface area contributed by atoms with Crippen LogP contribution in [0.3, 0.4) is 0 Å². The van der Waals surface area contributed by atoms with E-state index >= 15 is 0 Å². The van der Waals surface area contributed by atoms with Gasteiger partial charge in [-0.05, 0) is 32.0 Å². The van der Waals surface area contributed by atoms with Gasteiger partial charge >= 0.3 is 0 Å². The van der Waals surface area contributed by atoms with Gasteiger partial charge in [0.05, 0.1) is 21.9 Å². The third kappa shape index (κ3) is 4.11. The number of nitrogens with one attached hydrogen (secondary N) is 1. The fourth-order valence-electron chi connectivity index (χ4n) is 3.22. The van der Waals surface area contributed by atoms with Gasteiger partial charge in [-0.2, -0.15) is 5.10 Å². The smallest absolute Gasteiger partial charge is 0.270 e. The molecule has 0 atom stereocenters. The van der Waals surface area contributed by atoms with Crippen LogP contribution in [0.2, 0.25) is 0 Å². The second kappa shape index (κ2) is 8.14. The summed E-state index contributed by atoms with van der Waals surface area (Å²) in [7, 11) is 3.58. The Morgan fingerprint density at radius 1 is 1.17 bits per heavy atom. The van der Waals surface area contributed by atoms with Crippen LogP contribution in [-0.2, 0) is 6.54 Å². The van der Waals surface area contributed by atoms with Crippen molar-refractivity contribution in [3.8, 4) is 5.69 Å². The predicted molar refractivity (Wildman–Crippen MR) is 112 cm³/mol. The summed E-state index contributed by atoms with van der Waals surface area (Å²) < 4.78 is 1.84. The van der Waals surface area contributed by atoms with E-state index in [0.717, 1.165) is 22.6 Å². The van der Waals surface area contributed by atoms with E-state index in [-0.39, 0.29) is 23.7 Å². The molecular weight excluding hydrogens is 370 g/mol. The summed E-state index contributed by atoms with van der Waals surface area (Å²) in [5.74, 6) is -0.372. The van der Waals surface area contributed by atoms with Crippen molar-refractivity contribution in [1.82, 2.24) is 15.1 Å². The molecule has 2 aromatic carbocycles. The minimum absolute atomic E-state index is 0.120. The Morgan fingerprint density at radius 2 is 1.86 bits per heavy atom. The Kier molecular flexibility index (Phi) is 5.63. The van der Waals surface area contributed by atoms with E-state index in [1.54, 1.807) is 25.1 Å². The second-order valence-electron chi connectivity index (χ2n) is 6.93. The predicted octanol–water partition coefficient (Wildman–Crippen LogP) is 3.39. The molecule has 3 rings (SSSR count). The van der Waals surface area contributed by atoms with E-state index in [9.17, 15) is 14.9 Å². The standard InChI is InChI=1S/C21H23N5O3/c1-14-19(15(2)25(23-14)16-8-6-5-7-9-16)13-22-21(27)18-12-17(26(28)29)10-11-20(18)24(3)4/h5-12H,13H2,1-4H3,(H,22,27). The largest absolute Gasteiger partial charge is 0.377 e. The maximum absolute atomic E-state index is 12.8. The van der Waals surface area contributed by atoms with Crippen LogP contribution in [-0.4, -0.2) is 34.7 Å². The number of aryl methyl sites for hydroxylation is 1. The SMILES string of the molecule is Cc1nn(-c2ccccc2)c(C)c1CNC(=O)c1cc([N+](=O)[O-])ccc1N(C)C. The average Bonchev–Trinajstić information content (AvgIpc) is 2.99. The topological polar surface area (TPSA) is 93.3 Å². The van der Waals surface area contributed by atoms with Crippen LogP contribution < -0.4 is 10.2 Å². The third-order valence-electron chi connectivity index (χ3n) is 4.79. The van der Waals surface area contributed by atoms with Crippen LogP contribution in [0.5, 0.6) is 0 Å². The summed E-state index contributed by atoms with van der Waals surface area (Å²) in [6.45, 7) is 4.12. The number of hydrogen-bond donors (Lipinski definition) is 1. The molecule has 0 aliphatic rings. The highest BCUT2D eigenvalue weighted by molar-refractivity contribution is 6.00. The highest BCUT2D eigenvalue weighted by Crippen LogP contribution is 2.24. The van der Waals surface area contributed by atoms with E-state index in [1.165, 1.54) is 12.1 Å². The number of nitrogens with zero attached hydrogens (tertiary/aromatic N) is 4. The minimum Gasteiger partial charge on any atom is -0.377 e. The van der Waals surface area contributed by atoms with E-state index in [0.29, 0.717) is 5.69 Å². The molecular formula is C21H23N5O3. The van der Waals surface area contributed by atoms with Gasteiger partial charge in [-0.1, -0.05) is 18.2 Å². The van der Waals surface area contributed by atoms with Crippen molar-refractivity contribution in [2.75, 3.05) is 19.0 Å². The van der Waals surface area contributed by atoms with Crippen molar-refractivity contribution >= 4 is 17.3 Å². The zero-order chi connectivity index (χ0) is 21.1. The number of nitro benzene ring substituents is 1. The van der Waals surface area contributed by atoms with E-state index in [2.05, 4.69) is 10.4 Å². The first-order valence-electron chi connectivity index (χ1n) is 9.14. The van der Waals surface area contributed by atoms with Crippen LogP contribution in [0.15, 0.2) is 48.5 Å². The molecule has 29 heavy (non-hydrogen) atoms. The summed E-state index contributed by atoms with van der Waals surface area (Å²) >= 11 is 0. The number of aromatic nitrogens is 2. The number of hydrogen-bond acceptors (Lipinski definition) is 5. The number of non-ortho nitro benzene ring substituents is 1. The zero-order valence-electron chi connectivity index (χ0n) is 16.8. The molecule has 8 heteroatoms. The van der Waals surface area contributed by atoms with Crippen molar-refractivity contribution in [3.05, 3.63) is 81.2 Å². The van der Waals surface area contributed by atoms with E-state index in [4.69, 9.17) is 0 Å². The molecule has 0 unspecified atom stereocenters. The molecule has 8 nitrogen and oxygen atoms in total. The average molecular weight is 393 g/mol. The normalized spacial score (nSPS) is 10.6. The van der Waals surface area contributed by atoms with E-state index < -0.39 is 4.92 Å². The number of benzene rings is 2. The second-order valence-corrected chi connectivity index (χ2v) is 6.93. The molecule has 0 saturated carbocycles. The summed E-state index contributed by atoms with van der Waals surface area (Å²) in [6, 6.07) is 14.0. The lowest BCUT2D eigenvalue weighted by Gasteiger charge is -2.17. The van der Waals surface area contributed by atoms with Crippen LogP contribution in [0.1, 0.15) is 27.3 Å². The molecule has 150 valence electrons. The van der Waals surface area contributed by atoms with Crippen LogP contribution in [0.4, 0.5) is 11.4 Å². The zero-order valence-corrected chi connectivity index (χ0v) is 16.8. The molecule has 1 N–H and O–H groups in total.